The summed E-state index contributed by atoms with van der Waals surface area (Å²) in [5, 5.41) is 0. The van der Waals surface area contributed by atoms with E-state index in [0.29, 0.717) is 24.8 Å². The van der Waals surface area contributed by atoms with Crippen LogP contribution in [0.25, 0.3) is 0 Å². The van der Waals surface area contributed by atoms with Crippen molar-refractivity contribution >= 4 is 11.6 Å². The number of carbonyl (C=O) groups is 1. The lowest BCUT2D eigenvalue weighted by molar-refractivity contribution is -0.118. The lowest BCUT2D eigenvalue weighted by atomic mass is 9.89. The Morgan fingerprint density at radius 1 is 1.04 bits per heavy atom. The summed E-state index contributed by atoms with van der Waals surface area (Å²) < 4.78 is 0. The topological polar surface area (TPSA) is 49.6 Å². The zero-order valence-corrected chi connectivity index (χ0v) is 15.2. The number of para-hydroxylation sites is 1. The van der Waals surface area contributed by atoms with Gasteiger partial charge in [-0.05, 0) is 36.1 Å². The molecule has 1 amide bonds. The van der Waals surface area contributed by atoms with Gasteiger partial charge in [-0.1, -0.05) is 48.5 Å². The molecule has 1 fully saturated rings. The molecule has 0 aromatic heterocycles. The van der Waals surface area contributed by atoms with Crippen LogP contribution in [-0.2, 0) is 11.2 Å². The van der Waals surface area contributed by atoms with Crippen molar-refractivity contribution in [1.82, 2.24) is 4.90 Å². The SMILES string of the molecule is NC[C@@H]1CN(CCC(=O)N2CCc3ccccc32)C[C@H]1c1ccccc1. The van der Waals surface area contributed by atoms with E-state index in [2.05, 4.69) is 47.4 Å². The van der Waals surface area contributed by atoms with Crippen LogP contribution in [0.3, 0.4) is 0 Å². The molecule has 2 heterocycles. The van der Waals surface area contributed by atoms with Crippen LogP contribution >= 0.6 is 0 Å². The van der Waals surface area contributed by atoms with E-state index in [-0.39, 0.29) is 5.91 Å². The second-order valence-corrected chi connectivity index (χ2v) is 7.45. The third-order valence-corrected chi connectivity index (χ3v) is 5.88. The van der Waals surface area contributed by atoms with Crippen molar-refractivity contribution in [2.24, 2.45) is 11.7 Å². The minimum Gasteiger partial charge on any atom is -0.330 e. The number of rotatable bonds is 5. The second kappa shape index (κ2) is 7.60. The lowest BCUT2D eigenvalue weighted by Crippen LogP contribution is -2.33. The number of carbonyl (C=O) groups excluding carboxylic acids is 1. The third-order valence-electron chi connectivity index (χ3n) is 5.88. The Morgan fingerprint density at radius 3 is 2.62 bits per heavy atom. The number of nitrogens with two attached hydrogens (primary N) is 1. The fourth-order valence-corrected chi connectivity index (χ4v) is 4.45. The highest BCUT2D eigenvalue weighted by molar-refractivity contribution is 5.95. The molecular weight excluding hydrogens is 322 g/mol. The molecule has 0 saturated carbocycles. The average molecular weight is 349 g/mol. The number of anilines is 1. The maximum absolute atomic E-state index is 12.7. The summed E-state index contributed by atoms with van der Waals surface area (Å²) in [6.07, 6.45) is 1.55. The zero-order chi connectivity index (χ0) is 17.9. The highest BCUT2D eigenvalue weighted by Crippen LogP contribution is 2.32. The smallest absolute Gasteiger partial charge is 0.228 e. The van der Waals surface area contributed by atoms with Crippen LogP contribution in [0.15, 0.2) is 54.6 Å². The maximum Gasteiger partial charge on any atom is 0.228 e. The molecule has 0 aliphatic carbocycles. The first-order valence-corrected chi connectivity index (χ1v) is 9.62. The van der Waals surface area contributed by atoms with E-state index in [1.54, 1.807) is 0 Å². The summed E-state index contributed by atoms with van der Waals surface area (Å²) in [5.41, 5.74) is 9.78. The van der Waals surface area contributed by atoms with Crippen molar-refractivity contribution in [2.45, 2.75) is 18.8 Å². The Labute approximate surface area is 155 Å². The van der Waals surface area contributed by atoms with Gasteiger partial charge in [0.1, 0.15) is 0 Å². The third kappa shape index (κ3) is 3.39. The number of hydrogen-bond acceptors (Lipinski definition) is 3. The molecule has 2 aromatic carbocycles. The standard InChI is InChI=1S/C22H27N3O/c23-14-19-15-24(16-20(19)17-6-2-1-3-7-17)12-11-22(26)25-13-10-18-8-4-5-9-21(18)25/h1-9,19-20H,10-16,23H2/t19-,20+/m1/s1. The molecule has 2 aromatic rings. The molecule has 2 atom stereocenters. The van der Waals surface area contributed by atoms with Crippen molar-refractivity contribution in [1.29, 1.82) is 0 Å². The molecule has 1 saturated heterocycles. The van der Waals surface area contributed by atoms with Gasteiger partial charge in [-0.25, -0.2) is 0 Å². The van der Waals surface area contributed by atoms with Crippen molar-refractivity contribution in [2.75, 3.05) is 37.6 Å². The first-order valence-electron chi connectivity index (χ1n) is 9.62. The Morgan fingerprint density at radius 2 is 1.81 bits per heavy atom. The van der Waals surface area contributed by atoms with Crippen molar-refractivity contribution in [3.8, 4) is 0 Å². The fourth-order valence-electron chi connectivity index (χ4n) is 4.45. The van der Waals surface area contributed by atoms with E-state index in [1.807, 2.05) is 17.0 Å². The monoisotopic (exact) mass is 349 g/mol. The molecule has 136 valence electrons. The Hall–Kier alpha value is -2.17. The van der Waals surface area contributed by atoms with Gasteiger partial charge in [0, 0.05) is 44.2 Å². The van der Waals surface area contributed by atoms with E-state index >= 15 is 0 Å². The number of benzene rings is 2. The first-order chi connectivity index (χ1) is 12.8. The van der Waals surface area contributed by atoms with Crippen LogP contribution in [0.4, 0.5) is 5.69 Å². The maximum atomic E-state index is 12.7. The molecule has 4 heteroatoms. The highest BCUT2D eigenvalue weighted by Gasteiger charge is 2.33. The number of likely N-dealkylation sites (tertiary alicyclic amines) is 1. The predicted molar refractivity (Wildman–Crippen MR) is 105 cm³/mol. The zero-order valence-electron chi connectivity index (χ0n) is 15.2. The summed E-state index contributed by atoms with van der Waals surface area (Å²) >= 11 is 0. The van der Waals surface area contributed by atoms with Crippen LogP contribution < -0.4 is 10.6 Å². The van der Waals surface area contributed by atoms with E-state index < -0.39 is 0 Å². The van der Waals surface area contributed by atoms with Crippen molar-refractivity contribution in [3.05, 3.63) is 65.7 Å². The second-order valence-electron chi connectivity index (χ2n) is 7.45. The van der Waals surface area contributed by atoms with Crippen molar-refractivity contribution in [3.63, 3.8) is 0 Å². The number of amides is 1. The van der Waals surface area contributed by atoms with Crippen LogP contribution in [-0.4, -0.2) is 43.5 Å². The highest BCUT2D eigenvalue weighted by atomic mass is 16.2. The van der Waals surface area contributed by atoms with Gasteiger partial charge in [0.15, 0.2) is 0 Å². The molecule has 2 aliphatic heterocycles. The average Bonchev–Trinajstić information content (AvgIpc) is 3.31. The van der Waals surface area contributed by atoms with E-state index in [4.69, 9.17) is 5.73 Å². The molecule has 0 bridgehead atoms. The predicted octanol–water partition coefficient (Wildman–Crippen LogP) is 2.64. The van der Waals surface area contributed by atoms with Crippen LogP contribution in [0.1, 0.15) is 23.5 Å². The van der Waals surface area contributed by atoms with Gasteiger partial charge in [0.25, 0.3) is 0 Å². The fraction of sp³-hybridized carbons (Fsp3) is 0.409. The molecule has 0 radical (unpaired) electrons. The molecular formula is C22H27N3O. The van der Waals surface area contributed by atoms with E-state index in [0.717, 1.165) is 38.3 Å². The number of hydrogen-bond donors (Lipinski definition) is 1. The lowest BCUT2D eigenvalue weighted by Gasteiger charge is -2.20. The summed E-state index contributed by atoms with van der Waals surface area (Å²) in [4.78, 5) is 17.1. The molecule has 26 heavy (non-hydrogen) atoms. The van der Waals surface area contributed by atoms with Gasteiger partial charge < -0.3 is 15.5 Å². The van der Waals surface area contributed by atoms with Gasteiger partial charge in [0.05, 0.1) is 0 Å². The number of fused-ring (bicyclic) bond motifs is 1. The quantitative estimate of drug-likeness (QED) is 0.903. The minimum atomic E-state index is 0.238. The summed E-state index contributed by atoms with van der Waals surface area (Å²) in [5.74, 6) is 1.19. The molecule has 0 spiro atoms. The summed E-state index contributed by atoms with van der Waals surface area (Å²) in [6, 6.07) is 18.9. The Balaban J connectivity index is 1.36. The van der Waals surface area contributed by atoms with E-state index in [1.165, 1.54) is 11.1 Å². The normalized spacial score (nSPS) is 22.6. The minimum absolute atomic E-state index is 0.238. The Kier molecular flexibility index (Phi) is 5.05. The molecule has 4 rings (SSSR count). The van der Waals surface area contributed by atoms with Gasteiger partial charge in [0.2, 0.25) is 5.91 Å². The molecule has 4 nitrogen and oxygen atoms in total. The van der Waals surface area contributed by atoms with Gasteiger partial charge in [-0.2, -0.15) is 0 Å². The summed E-state index contributed by atoms with van der Waals surface area (Å²) in [7, 11) is 0. The number of nitrogens with zero attached hydrogens (tertiary/aromatic N) is 2. The van der Waals surface area contributed by atoms with Crippen LogP contribution in [0.2, 0.25) is 0 Å². The van der Waals surface area contributed by atoms with Crippen LogP contribution in [0, 0.1) is 5.92 Å². The van der Waals surface area contributed by atoms with Crippen LogP contribution in [0.5, 0.6) is 0 Å². The molecule has 2 N–H and O–H groups in total. The van der Waals surface area contributed by atoms with Gasteiger partial charge in [-0.15, -0.1) is 0 Å². The molecule has 2 aliphatic rings. The first kappa shape index (κ1) is 17.3. The van der Waals surface area contributed by atoms with E-state index in [9.17, 15) is 4.79 Å². The molecule has 0 unspecified atom stereocenters. The van der Waals surface area contributed by atoms with Crippen molar-refractivity contribution < 1.29 is 4.79 Å². The van der Waals surface area contributed by atoms with Gasteiger partial charge >= 0.3 is 0 Å². The Bertz CT molecular complexity index is 761. The largest absolute Gasteiger partial charge is 0.330 e. The van der Waals surface area contributed by atoms with Gasteiger partial charge in [-0.3, -0.25) is 4.79 Å². The summed E-state index contributed by atoms with van der Waals surface area (Å²) in [6.45, 7) is 4.31.